The van der Waals surface area contributed by atoms with Crippen LogP contribution in [0.2, 0.25) is 0 Å². The van der Waals surface area contributed by atoms with Crippen LogP contribution in [0.3, 0.4) is 0 Å². The lowest BCUT2D eigenvalue weighted by molar-refractivity contribution is 0.0957. The first kappa shape index (κ1) is 20.0. The van der Waals surface area contributed by atoms with Gasteiger partial charge in [-0.25, -0.2) is 9.37 Å². The smallest absolute Gasteiger partial charge is 0.256 e. The molecule has 2 N–H and O–H groups in total. The molecule has 0 spiro atoms. The zero-order valence-electron chi connectivity index (χ0n) is 14.7. The molecule has 2 amide bonds. The van der Waals surface area contributed by atoms with Crippen LogP contribution in [-0.2, 0) is 0 Å². The van der Waals surface area contributed by atoms with E-state index in [1.165, 1.54) is 30.9 Å². The molecule has 0 atom stereocenters. The summed E-state index contributed by atoms with van der Waals surface area (Å²) in [6, 6.07) is 14.7. The highest BCUT2D eigenvalue weighted by Gasteiger charge is 2.15. The fourth-order valence-electron chi connectivity index (χ4n) is 2.39. The second kappa shape index (κ2) is 8.99. The van der Waals surface area contributed by atoms with Gasteiger partial charge in [-0.2, -0.15) is 0 Å². The molecule has 0 aliphatic heterocycles. The van der Waals surface area contributed by atoms with Crippen LogP contribution >= 0.6 is 27.7 Å². The van der Waals surface area contributed by atoms with Crippen molar-refractivity contribution in [3.8, 4) is 0 Å². The molecule has 0 radical (unpaired) electrons. The van der Waals surface area contributed by atoms with Crippen molar-refractivity contribution in [1.82, 2.24) is 10.3 Å². The Morgan fingerprint density at radius 2 is 1.82 bits per heavy atom. The first-order chi connectivity index (χ1) is 13.5. The lowest BCUT2D eigenvalue weighted by Gasteiger charge is -2.11. The van der Waals surface area contributed by atoms with E-state index in [9.17, 15) is 14.0 Å². The molecular formula is C20H15BrFN3O2S. The lowest BCUT2D eigenvalue weighted by Crippen LogP contribution is -2.20. The highest BCUT2D eigenvalue weighted by molar-refractivity contribution is 9.10. The molecule has 0 saturated heterocycles. The van der Waals surface area contributed by atoms with Crippen LogP contribution in [0, 0.1) is 5.82 Å². The quantitative estimate of drug-likeness (QED) is 0.577. The Balaban J connectivity index is 1.84. The third kappa shape index (κ3) is 4.76. The van der Waals surface area contributed by atoms with Gasteiger partial charge in [-0.05, 0) is 58.4 Å². The second-order valence-corrected chi connectivity index (χ2v) is 7.62. The van der Waals surface area contributed by atoms with Gasteiger partial charge in [0.15, 0.2) is 0 Å². The van der Waals surface area contributed by atoms with Crippen LogP contribution < -0.4 is 10.6 Å². The number of aromatic nitrogens is 1. The summed E-state index contributed by atoms with van der Waals surface area (Å²) in [5, 5.41) is 5.83. The highest BCUT2D eigenvalue weighted by atomic mass is 79.9. The molecule has 1 aromatic heterocycles. The summed E-state index contributed by atoms with van der Waals surface area (Å²) in [7, 11) is 1.41. The van der Waals surface area contributed by atoms with Crippen LogP contribution in [0.15, 0.2) is 75.2 Å². The van der Waals surface area contributed by atoms with E-state index in [-0.39, 0.29) is 11.5 Å². The number of amides is 2. The summed E-state index contributed by atoms with van der Waals surface area (Å²) in [5.41, 5.74) is 0.636. The van der Waals surface area contributed by atoms with Crippen molar-refractivity contribution in [2.75, 3.05) is 12.4 Å². The van der Waals surface area contributed by atoms with Crippen molar-refractivity contribution >= 4 is 45.2 Å². The number of hydrogen-bond acceptors (Lipinski definition) is 4. The first-order valence-electron chi connectivity index (χ1n) is 8.19. The van der Waals surface area contributed by atoms with E-state index in [1.807, 2.05) is 24.3 Å². The van der Waals surface area contributed by atoms with Crippen LogP contribution in [0.5, 0.6) is 0 Å². The van der Waals surface area contributed by atoms with Crippen molar-refractivity contribution in [2.45, 2.75) is 9.92 Å². The largest absolute Gasteiger partial charge is 0.355 e. The number of carbonyl (C=O) groups excluding carboxylic acids is 2. The standard InChI is InChI=1S/C20H15BrFN3O2S/c1-23-19(26)15-10-13(7-8-16(15)22)25-20(27)14-4-2-3-5-17(14)28-18-9-6-12(21)11-24-18/h2-11H,1H3,(H,23,26)(H,25,27). The van der Waals surface area contributed by atoms with Gasteiger partial charge in [0.1, 0.15) is 10.8 Å². The van der Waals surface area contributed by atoms with E-state index < -0.39 is 11.7 Å². The number of anilines is 1. The Kier molecular flexibility index (Phi) is 6.43. The average Bonchev–Trinajstić information content (AvgIpc) is 2.71. The number of nitrogens with one attached hydrogen (secondary N) is 2. The summed E-state index contributed by atoms with van der Waals surface area (Å²) in [5.74, 6) is -1.59. The minimum atomic E-state index is -0.658. The maximum atomic E-state index is 13.8. The number of halogens is 2. The molecule has 0 saturated carbocycles. The predicted molar refractivity (Wildman–Crippen MR) is 110 cm³/mol. The van der Waals surface area contributed by atoms with E-state index >= 15 is 0 Å². The zero-order valence-corrected chi connectivity index (χ0v) is 17.1. The molecule has 0 fully saturated rings. The van der Waals surface area contributed by atoms with Gasteiger partial charge in [-0.15, -0.1) is 0 Å². The third-order valence-electron chi connectivity index (χ3n) is 3.74. The van der Waals surface area contributed by atoms with Gasteiger partial charge in [0, 0.05) is 28.3 Å². The van der Waals surface area contributed by atoms with Gasteiger partial charge in [0.25, 0.3) is 11.8 Å². The summed E-state index contributed by atoms with van der Waals surface area (Å²) < 4.78 is 14.7. The fourth-order valence-corrected chi connectivity index (χ4v) is 3.51. The molecule has 142 valence electrons. The Morgan fingerprint density at radius 1 is 1.04 bits per heavy atom. The molecule has 0 unspecified atom stereocenters. The van der Waals surface area contributed by atoms with Crippen LogP contribution in [0.4, 0.5) is 10.1 Å². The van der Waals surface area contributed by atoms with Gasteiger partial charge in [0.05, 0.1) is 11.1 Å². The third-order valence-corrected chi connectivity index (χ3v) is 5.24. The summed E-state index contributed by atoms with van der Waals surface area (Å²) >= 11 is 4.70. The van der Waals surface area contributed by atoms with Crippen molar-refractivity contribution < 1.29 is 14.0 Å². The summed E-state index contributed by atoms with van der Waals surface area (Å²) in [4.78, 5) is 29.5. The molecule has 3 rings (SSSR count). The fraction of sp³-hybridized carbons (Fsp3) is 0.0500. The molecule has 3 aromatic rings. The number of nitrogens with zero attached hydrogens (tertiary/aromatic N) is 1. The second-order valence-electron chi connectivity index (χ2n) is 5.64. The predicted octanol–water partition coefficient (Wildman–Crippen LogP) is 4.75. The number of rotatable bonds is 5. The van der Waals surface area contributed by atoms with Crippen molar-refractivity contribution in [1.29, 1.82) is 0 Å². The molecule has 0 aliphatic carbocycles. The van der Waals surface area contributed by atoms with E-state index in [0.29, 0.717) is 11.3 Å². The van der Waals surface area contributed by atoms with Gasteiger partial charge < -0.3 is 10.6 Å². The molecule has 0 aliphatic rings. The SMILES string of the molecule is CNC(=O)c1cc(NC(=O)c2ccccc2Sc2ccc(Br)cn2)ccc1F. The lowest BCUT2D eigenvalue weighted by atomic mass is 10.1. The van der Waals surface area contributed by atoms with Gasteiger partial charge in [-0.1, -0.05) is 23.9 Å². The van der Waals surface area contributed by atoms with Crippen LogP contribution in [0.1, 0.15) is 20.7 Å². The van der Waals surface area contributed by atoms with Crippen LogP contribution in [0.25, 0.3) is 0 Å². The normalized spacial score (nSPS) is 10.4. The van der Waals surface area contributed by atoms with E-state index in [4.69, 9.17) is 0 Å². The molecule has 2 aromatic carbocycles. The Bertz CT molecular complexity index is 1030. The Morgan fingerprint density at radius 3 is 2.54 bits per heavy atom. The molecular weight excluding hydrogens is 445 g/mol. The molecule has 0 bridgehead atoms. The van der Waals surface area contributed by atoms with Crippen molar-refractivity contribution in [3.63, 3.8) is 0 Å². The summed E-state index contributed by atoms with van der Waals surface area (Å²) in [6.45, 7) is 0. The zero-order chi connectivity index (χ0) is 20.1. The van der Waals surface area contributed by atoms with Crippen molar-refractivity contribution in [3.05, 3.63) is 82.2 Å². The molecule has 28 heavy (non-hydrogen) atoms. The number of pyridine rings is 1. The van der Waals surface area contributed by atoms with E-state index in [2.05, 4.69) is 31.5 Å². The first-order valence-corrected chi connectivity index (χ1v) is 9.80. The topological polar surface area (TPSA) is 71.1 Å². The minimum absolute atomic E-state index is 0.137. The average molecular weight is 460 g/mol. The van der Waals surface area contributed by atoms with Crippen molar-refractivity contribution in [2.24, 2.45) is 0 Å². The Labute approximate surface area is 173 Å². The maximum absolute atomic E-state index is 13.8. The van der Waals surface area contributed by atoms with Crippen LogP contribution in [-0.4, -0.2) is 23.8 Å². The maximum Gasteiger partial charge on any atom is 0.256 e. The Hall–Kier alpha value is -2.71. The molecule has 5 nitrogen and oxygen atoms in total. The monoisotopic (exact) mass is 459 g/mol. The molecule has 8 heteroatoms. The minimum Gasteiger partial charge on any atom is -0.355 e. The highest BCUT2D eigenvalue weighted by Crippen LogP contribution is 2.30. The van der Waals surface area contributed by atoms with Gasteiger partial charge >= 0.3 is 0 Å². The number of benzene rings is 2. The number of carbonyl (C=O) groups is 2. The van der Waals surface area contributed by atoms with Gasteiger partial charge in [0.2, 0.25) is 0 Å². The van der Waals surface area contributed by atoms with Gasteiger partial charge in [-0.3, -0.25) is 9.59 Å². The number of hydrogen-bond donors (Lipinski definition) is 2. The molecule has 1 heterocycles. The summed E-state index contributed by atoms with van der Waals surface area (Å²) in [6.07, 6.45) is 1.68. The van der Waals surface area contributed by atoms with E-state index in [1.54, 1.807) is 18.3 Å². The van der Waals surface area contributed by atoms with E-state index in [0.717, 1.165) is 20.5 Å².